The van der Waals surface area contributed by atoms with Crippen molar-refractivity contribution in [2.24, 2.45) is 0 Å². The Hall–Kier alpha value is -2.29. The van der Waals surface area contributed by atoms with Gasteiger partial charge < -0.3 is 10.4 Å². The summed E-state index contributed by atoms with van der Waals surface area (Å²) in [5.74, 6) is -1.45. The summed E-state index contributed by atoms with van der Waals surface area (Å²) in [5, 5.41) is 11.6. The van der Waals surface area contributed by atoms with Gasteiger partial charge >= 0.3 is 5.51 Å². The van der Waals surface area contributed by atoms with E-state index in [2.05, 4.69) is 5.32 Å². The zero-order valence-corrected chi connectivity index (χ0v) is 12.2. The van der Waals surface area contributed by atoms with Crippen LogP contribution in [0.15, 0.2) is 47.4 Å². The number of hydrogen-bond acceptors (Lipinski definition) is 4. The van der Waals surface area contributed by atoms with Crippen LogP contribution in [0.5, 0.6) is 5.75 Å². The molecule has 0 bridgehead atoms. The van der Waals surface area contributed by atoms with Crippen LogP contribution in [-0.2, 0) is 16.4 Å². The molecule has 0 amide bonds. The normalized spacial score (nSPS) is 12.2. The average Bonchev–Trinajstić information content (AvgIpc) is 2.47. The molecule has 124 valence electrons. The number of para-hydroxylation sites is 1. The first-order valence-electron chi connectivity index (χ1n) is 6.24. The molecule has 0 heterocycles. The minimum atomic E-state index is -5.50. The van der Waals surface area contributed by atoms with E-state index in [1.165, 1.54) is 24.3 Å². The van der Waals surface area contributed by atoms with E-state index in [-0.39, 0.29) is 12.2 Å². The van der Waals surface area contributed by atoms with Crippen molar-refractivity contribution in [1.29, 1.82) is 0 Å². The molecule has 0 fully saturated rings. The van der Waals surface area contributed by atoms with Crippen molar-refractivity contribution in [2.75, 3.05) is 5.32 Å². The van der Waals surface area contributed by atoms with E-state index < -0.39 is 31.8 Å². The summed E-state index contributed by atoms with van der Waals surface area (Å²) in [4.78, 5) is -0.910. The Balaban J connectivity index is 2.30. The van der Waals surface area contributed by atoms with Crippen molar-refractivity contribution >= 4 is 15.5 Å². The van der Waals surface area contributed by atoms with Crippen LogP contribution in [0.3, 0.4) is 0 Å². The Labute approximate surface area is 129 Å². The first-order valence-corrected chi connectivity index (χ1v) is 7.73. The highest BCUT2D eigenvalue weighted by Gasteiger charge is 2.47. The molecule has 4 nitrogen and oxygen atoms in total. The zero-order valence-electron chi connectivity index (χ0n) is 11.4. The van der Waals surface area contributed by atoms with Crippen molar-refractivity contribution in [1.82, 2.24) is 0 Å². The van der Waals surface area contributed by atoms with Gasteiger partial charge in [-0.2, -0.15) is 13.2 Å². The number of aromatic hydroxyl groups is 1. The maximum absolute atomic E-state index is 13.2. The first kappa shape index (κ1) is 17.1. The van der Waals surface area contributed by atoms with Crippen LogP contribution in [0, 0.1) is 5.82 Å². The van der Waals surface area contributed by atoms with E-state index in [1.807, 2.05) is 0 Å². The van der Waals surface area contributed by atoms with Crippen molar-refractivity contribution < 1.29 is 31.1 Å². The summed E-state index contributed by atoms with van der Waals surface area (Å²) >= 11 is 0. The quantitative estimate of drug-likeness (QED) is 0.830. The summed E-state index contributed by atoms with van der Waals surface area (Å²) in [6.07, 6.45) is 0. The largest absolute Gasteiger partial charge is 0.505 e. The van der Waals surface area contributed by atoms with Crippen LogP contribution in [0.25, 0.3) is 0 Å². The summed E-state index contributed by atoms with van der Waals surface area (Å²) in [6.45, 7) is -0.123. The Morgan fingerprint density at radius 3 is 2.35 bits per heavy atom. The molecule has 2 aromatic carbocycles. The predicted molar refractivity (Wildman–Crippen MR) is 75.1 cm³/mol. The SMILES string of the molecule is O=S(=O)(c1ccccc1NCc1ccc(O)c(F)c1)C(F)(F)F. The molecule has 2 rings (SSSR count). The van der Waals surface area contributed by atoms with E-state index >= 15 is 0 Å². The number of hydrogen-bond donors (Lipinski definition) is 2. The maximum atomic E-state index is 13.2. The number of anilines is 1. The molecule has 0 radical (unpaired) electrons. The molecule has 0 atom stereocenters. The molecule has 0 aliphatic heterocycles. The third kappa shape index (κ3) is 3.55. The maximum Gasteiger partial charge on any atom is 0.501 e. The topological polar surface area (TPSA) is 66.4 Å². The number of phenolic OH excluding ortho intramolecular Hbond substituents is 1. The number of sulfone groups is 1. The molecule has 2 N–H and O–H groups in total. The molecule has 0 spiro atoms. The number of nitrogens with one attached hydrogen (secondary N) is 1. The van der Waals surface area contributed by atoms with Crippen LogP contribution in [0.4, 0.5) is 23.2 Å². The molecule has 9 heteroatoms. The third-order valence-corrected chi connectivity index (χ3v) is 4.52. The minimum absolute atomic E-state index is 0.123. The van der Waals surface area contributed by atoms with E-state index in [0.717, 1.165) is 18.2 Å². The summed E-state index contributed by atoms with van der Waals surface area (Å²) < 4.78 is 74.3. The van der Waals surface area contributed by atoms with Gasteiger partial charge in [-0.3, -0.25) is 0 Å². The van der Waals surface area contributed by atoms with Crippen LogP contribution in [0.1, 0.15) is 5.56 Å². The van der Waals surface area contributed by atoms with E-state index in [1.54, 1.807) is 0 Å². The van der Waals surface area contributed by atoms with Crippen LogP contribution in [0.2, 0.25) is 0 Å². The molecule has 0 aromatic heterocycles. The average molecular weight is 349 g/mol. The summed E-state index contributed by atoms with van der Waals surface area (Å²) in [7, 11) is -5.50. The zero-order chi connectivity index (χ0) is 17.3. The molecule has 2 aromatic rings. The van der Waals surface area contributed by atoms with Gasteiger partial charge in [0.05, 0.1) is 10.6 Å². The van der Waals surface area contributed by atoms with Gasteiger partial charge in [0, 0.05) is 6.54 Å². The Kier molecular flexibility index (Phi) is 4.51. The van der Waals surface area contributed by atoms with E-state index in [0.29, 0.717) is 5.56 Å². The van der Waals surface area contributed by atoms with Crippen LogP contribution in [-0.4, -0.2) is 19.0 Å². The van der Waals surface area contributed by atoms with Crippen molar-refractivity contribution in [3.05, 3.63) is 53.8 Å². The van der Waals surface area contributed by atoms with Gasteiger partial charge in [-0.15, -0.1) is 0 Å². The van der Waals surface area contributed by atoms with E-state index in [4.69, 9.17) is 5.11 Å². The number of phenols is 1. The minimum Gasteiger partial charge on any atom is -0.505 e. The summed E-state index contributed by atoms with van der Waals surface area (Å²) in [6, 6.07) is 7.98. The Morgan fingerprint density at radius 1 is 1.09 bits per heavy atom. The van der Waals surface area contributed by atoms with Gasteiger partial charge in [-0.25, -0.2) is 12.8 Å². The van der Waals surface area contributed by atoms with Gasteiger partial charge in [-0.05, 0) is 29.8 Å². The fourth-order valence-corrected chi connectivity index (χ4v) is 2.77. The fourth-order valence-electron chi connectivity index (χ4n) is 1.83. The molecular formula is C14H11F4NO3S. The van der Waals surface area contributed by atoms with Gasteiger partial charge in [0.2, 0.25) is 0 Å². The lowest BCUT2D eigenvalue weighted by Crippen LogP contribution is -2.24. The smallest absolute Gasteiger partial charge is 0.501 e. The summed E-state index contributed by atoms with van der Waals surface area (Å²) in [5.41, 5.74) is -5.35. The molecule has 0 saturated carbocycles. The fraction of sp³-hybridized carbons (Fsp3) is 0.143. The first-order chi connectivity index (χ1) is 10.6. The highest BCUT2D eigenvalue weighted by atomic mass is 32.2. The second-order valence-electron chi connectivity index (χ2n) is 4.58. The Bertz CT molecular complexity index is 819. The Morgan fingerprint density at radius 2 is 1.74 bits per heavy atom. The lowest BCUT2D eigenvalue weighted by molar-refractivity contribution is -0.0435. The standard InChI is InChI=1S/C14H11F4NO3S/c15-10-7-9(5-6-12(10)20)8-19-11-3-1-2-4-13(11)23(21,22)14(16,17)18/h1-7,19-20H,8H2. The molecule has 0 saturated heterocycles. The van der Waals surface area contributed by atoms with Gasteiger partial charge in [-0.1, -0.05) is 18.2 Å². The molecule has 0 unspecified atom stereocenters. The molecule has 0 aliphatic carbocycles. The van der Waals surface area contributed by atoms with Crippen molar-refractivity contribution in [3.63, 3.8) is 0 Å². The lowest BCUT2D eigenvalue weighted by Gasteiger charge is -2.14. The van der Waals surface area contributed by atoms with Crippen molar-refractivity contribution in [3.8, 4) is 5.75 Å². The number of alkyl halides is 3. The van der Waals surface area contributed by atoms with Gasteiger partial charge in [0.25, 0.3) is 9.84 Å². The van der Waals surface area contributed by atoms with Crippen molar-refractivity contribution in [2.45, 2.75) is 16.9 Å². The highest BCUT2D eigenvalue weighted by Crippen LogP contribution is 2.34. The van der Waals surface area contributed by atoms with Crippen LogP contribution < -0.4 is 5.32 Å². The second-order valence-corrected chi connectivity index (χ2v) is 6.49. The molecule has 23 heavy (non-hydrogen) atoms. The van der Waals surface area contributed by atoms with Crippen LogP contribution >= 0.6 is 0 Å². The molecular weight excluding hydrogens is 338 g/mol. The highest BCUT2D eigenvalue weighted by molar-refractivity contribution is 7.92. The number of rotatable bonds is 4. The molecule has 0 aliphatic rings. The second kappa shape index (κ2) is 6.07. The predicted octanol–water partition coefficient (Wildman–Crippen LogP) is 3.44. The third-order valence-electron chi connectivity index (χ3n) is 2.98. The monoisotopic (exact) mass is 349 g/mol. The van der Waals surface area contributed by atoms with Gasteiger partial charge in [0.15, 0.2) is 11.6 Å². The van der Waals surface area contributed by atoms with E-state index in [9.17, 15) is 26.0 Å². The lowest BCUT2D eigenvalue weighted by atomic mass is 10.2. The van der Waals surface area contributed by atoms with Gasteiger partial charge in [0.1, 0.15) is 0 Å². The number of halogens is 4. The number of benzene rings is 2.